The Bertz CT molecular complexity index is 402. The number of hydrogen-bond acceptors (Lipinski definition) is 4. The predicted octanol–water partition coefficient (Wildman–Crippen LogP) is 2.70. The highest BCUT2D eigenvalue weighted by Gasteiger charge is 2.06. The number of nitrogens with zero attached hydrogens (tertiary/aromatic N) is 2. The minimum absolute atomic E-state index is 0.213. The van der Waals surface area contributed by atoms with Gasteiger partial charge in [0.1, 0.15) is 5.82 Å². The summed E-state index contributed by atoms with van der Waals surface area (Å²) in [6, 6.07) is 3.61. The Balaban J connectivity index is 2.34. The van der Waals surface area contributed by atoms with Crippen LogP contribution in [0.2, 0.25) is 0 Å². The van der Waals surface area contributed by atoms with Gasteiger partial charge in [0.2, 0.25) is 0 Å². The minimum Gasteiger partial charge on any atom is -0.478 e. The van der Waals surface area contributed by atoms with Crippen LogP contribution in [0.15, 0.2) is 18.3 Å². The smallest absolute Gasteiger partial charge is 0.337 e. The van der Waals surface area contributed by atoms with Crippen molar-refractivity contribution in [3.05, 3.63) is 23.9 Å². The summed E-state index contributed by atoms with van der Waals surface area (Å²) in [5.41, 5.74) is 0.213. The maximum absolute atomic E-state index is 10.7. The van der Waals surface area contributed by atoms with Crippen molar-refractivity contribution in [1.82, 2.24) is 9.88 Å². The van der Waals surface area contributed by atoms with Crippen LogP contribution in [0.1, 0.15) is 44.0 Å². The highest BCUT2D eigenvalue weighted by molar-refractivity contribution is 5.87. The lowest BCUT2D eigenvalue weighted by Crippen LogP contribution is -2.25. The van der Waals surface area contributed by atoms with Crippen molar-refractivity contribution in [2.75, 3.05) is 25.0 Å². The summed E-state index contributed by atoms with van der Waals surface area (Å²) in [4.78, 5) is 17.3. The maximum atomic E-state index is 10.7. The number of carboxylic acid groups (broad SMARTS) is 1. The number of aromatic nitrogens is 1. The van der Waals surface area contributed by atoms with E-state index in [0.29, 0.717) is 6.04 Å². The number of aromatic carboxylic acids is 1. The molecule has 5 nitrogen and oxygen atoms in total. The first-order valence-corrected chi connectivity index (χ1v) is 7.25. The lowest BCUT2D eigenvalue weighted by molar-refractivity contribution is 0.0696. The van der Waals surface area contributed by atoms with Crippen LogP contribution >= 0.6 is 0 Å². The van der Waals surface area contributed by atoms with Crippen molar-refractivity contribution >= 4 is 11.8 Å². The molecule has 5 heteroatoms. The Kier molecular flexibility index (Phi) is 7.01. The van der Waals surface area contributed by atoms with E-state index < -0.39 is 5.97 Å². The van der Waals surface area contributed by atoms with Crippen LogP contribution in [0.5, 0.6) is 0 Å². The van der Waals surface area contributed by atoms with Gasteiger partial charge in [-0.15, -0.1) is 0 Å². The maximum Gasteiger partial charge on any atom is 0.337 e. The molecular formula is C15H25N3O2. The Hall–Kier alpha value is -1.62. The Morgan fingerprint density at radius 1 is 1.40 bits per heavy atom. The van der Waals surface area contributed by atoms with Crippen LogP contribution in [-0.4, -0.2) is 46.6 Å². The molecule has 112 valence electrons. The number of hydrogen-bond donors (Lipinski definition) is 2. The van der Waals surface area contributed by atoms with Gasteiger partial charge in [0, 0.05) is 12.2 Å². The standard InChI is InChI=1S/C15H25N3O2/c1-4-18(5-2)10-6-7-12(3)17-14-9-8-13(11-16-14)15(19)20/h8-9,11-12H,4-7,10H2,1-3H3,(H,16,17)(H,19,20). The highest BCUT2D eigenvalue weighted by atomic mass is 16.4. The van der Waals surface area contributed by atoms with Gasteiger partial charge < -0.3 is 15.3 Å². The van der Waals surface area contributed by atoms with Crippen molar-refractivity contribution in [2.24, 2.45) is 0 Å². The molecule has 0 radical (unpaired) electrons. The zero-order valence-corrected chi connectivity index (χ0v) is 12.6. The lowest BCUT2D eigenvalue weighted by Gasteiger charge is -2.20. The summed E-state index contributed by atoms with van der Waals surface area (Å²) in [6.45, 7) is 9.78. The third-order valence-electron chi connectivity index (χ3n) is 3.41. The molecule has 20 heavy (non-hydrogen) atoms. The van der Waals surface area contributed by atoms with E-state index in [2.05, 4.69) is 36.0 Å². The average molecular weight is 279 g/mol. The summed E-state index contributed by atoms with van der Waals surface area (Å²) in [7, 11) is 0. The SMILES string of the molecule is CCN(CC)CCCC(C)Nc1ccc(C(=O)O)cn1. The van der Waals surface area contributed by atoms with Gasteiger partial charge >= 0.3 is 5.97 Å². The van der Waals surface area contributed by atoms with Gasteiger partial charge in [0.25, 0.3) is 0 Å². The van der Waals surface area contributed by atoms with E-state index in [1.54, 1.807) is 12.1 Å². The molecule has 1 atom stereocenters. The highest BCUT2D eigenvalue weighted by Crippen LogP contribution is 2.09. The number of pyridine rings is 1. The topological polar surface area (TPSA) is 65.5 Å². The molecule has 0 fully saturated rings. The molecule has 0 saturated carbocycles. The van der Waals surface area contributed by atoms with Crippen LogP contribution in [0.4, 0.5) is 5.82 Å². The molecule has 0 amide bonds. The molecule has 1 rings (SSSR count). The van der Waals surface area contributed by atoms with Crippen LogP contribution in [-0.2, 0) is 0 Å². The van der Waals surface area contributed by atoms with E-state index in [0.717, 1.165) is 38.3 Å². The summed E-state index contributed by atoms with van der Waals surface area (Å²) < 4.78 is 0. The summed E-state index contributed by atoms with van der Waals surface area (Å²) in [5, 5.41) is 12.1. The minimum atomic E-state index is -0.948. The number of carboxylic acids is 1. The number of carbonyl (C=O) groups is 1. The molecule has 0 aliphatic heterocycles. The monoisotopic (exact) mass is 279 g/mol. The normalized spacial score (nSPS) is 12.4. The van der Waals surface area contributed by atoms with E-state index in [9.17, 15) is 4.79 Å². The Morgan fingerprint density at radius 3 is 2.60 bits per heavy atom. The van der Waals surface area contributed by atoms with Gasteiger partial charge in [0.05, 0.1) is 5.56 Å². The first kappa shape index (κ1) is 16.4. The van der Waals surface area contributed by atoms with Gasteiger partial charge in [-0.2, -0.15) is 0 Å². The van der Waals surface area contributed by atoms with Gasteiger partial charge in [-0.25, -0.2) is 9.78 Å². The van der Waals surface area contributed by atoms with Crippen LogP contribution in [0.3, 0.4) is 0 Å². The molecule has 0 spiro atoms. The van der Waals surface area contributed by atoms with Crippen LogP contribution in [0.25, 0.3) is 0 Å². The molecule has 1 aromatic heterocycles. The van der Waals surface area contributed by atoms with Crippen LogP contribution < -0.4 is 5.32 Å². The third kappa shape index (κ3) is 5.57. The Labute approximate surface area is 121 Å². The number of nitrogens with one attached hydrogen (secondary N) is 1. The van der Waals surface area contributed by atoms with Crippen molar-refractivity contribution in [3.8, 4) is 0 Å². The molecule has 0 aliphatic carbocycles. The van der Waals surface area contributed by atoms with E-state index in [4.69, 9.17) is 5.11 Å². The largest absolute Gasteiger partial charge is 0.478 e. The zero-order valence-electron chi connectivity index (χ0n) is 12.6. The van der Waals surface area contributed by atoms with Gasteiger partial charge in [-0.05, 0) is 51.5 Å². The van der Waals surface area contributed by atoms with E-state index in [-0.39, 0.29) is 5.56 Å². The van der Waals surface area contributed by atoms with Gasteiger partial charge in [-0.1, -0.05) is 13.8 Å². The van der Waals surface area contributed by atoms with Crippen molar-refractivity contribution in [2.45, 2.75) is 39.7 Å². The van der Waals surface area contributed by atoms with Crippen molar-refractivity contribution in [1.29, 1.82) is 0 Å². The fraction of sp³-hybridized carbons (Fsp3) is 0.600. The van der Waals surface area contributed by atoms with E-state index in [1.807, 2.05) is 0 Å². The lowest BCUT2D eigenvalue weighted by atomic mass is 10.1. The number of rotatable bonds is 9. The fourth-order valence-electron chi connectivity index (χ4n) is 2.09. The average Bonchev–Trinajstić information content (AvgIpc) is 2.44. The first-order valence-electron chi connectivity index (χ1n) is 7.25. The molecule has 0 bridgehead atoms. The third-order valence-corrected chi connectivity index (χ3v) is 3.41. The molecular weight excluding hydrogens is 254 g/mol. The molecule has 1 unspecified atom stereocenters. The molecule has 2 N–H and O–H groups in total. The summed E-state index contributed by atoms with van der Waals surface area (Å²) >= 11 is 0. The predicted molar refractivity (Wildman–Crippen MR) is 81.3 cm³/mol. The second kappa shape index (κ2) is 8.53. The Morgan fingerprint density at radius 2 is 2.10 bits per heavy atom. The molecule has 0 aromatic carbocycles. The molecule has 1 aromatic rings. The first-order chi connectivity index (χ1) is 9.56. The summed E-state index contributed by atoms with van der Waals surface area (Å²) in [6.07, 6.45) is 3.59. The number of anilines is 1. The molecule has 0 aliphatic rings. The molecule has 1 heterocycles. The van der Waals surface area contributed by atoms with Gasteiger partial charge in [-0.3, -0.25) is 0 Å². The van der Waals surface area contributed by atoms with Crippen molar-refractivity contribution < 1.29 is 9.90 Å². The van der Waals surface area contributed by atoms with E-state index in [1.165, 1.54) is 6.20 Å². The van der Waals surface area contributed by atoms with Gasteiger partial charge in [0.15, 0.2) is 0 Å². The summed E-state index contributed by atoms with van der Waals surface area (Å²) in [5.74, 6) is -0.221. The molecule has 0 saturated heterocycles. The second-order valence-electron chi connectivity index (χ2n) is 4.95. The second-order valence-corrected chi connectivity index (χ2v) is 4.95. The van der Waals surface area contributed by atoms with Crippen LogP contribution in [0, 0.1) is 0 Å². The quantitative estimate of drug-likeness (QED) is 0.727. The zero-order chi connectivity index (χ0) is 15.0. The van der Waals surface area contributed by atoms with Crippen molar-refractivity contribution in [3.63, 3.8) is 0 Å². The van der Waals surface area contributed by atoms with E-state index >= 15 is 0 Å². The fourth-order valence-corrected chi connectivity index (χ4v) is 2.09.